The molecule has 2 rings (SSSR count). The number of hydrogen-bond donors (Lipinski definition) is 2. The fraction of sp³-hybridized carbons (Fsp3) is 0.500. The SMILES string of the molecule is O=C(O)CN(C(=O)NCc1cccnc1)C1CCCC1. The van der Waals surface area contributed by atoms with Crippen LogP contribution in [0.3, 0.4) is 0 Å². The zero-order valence-corrected chi connectivity index (χ0v) is 11.3. The van der Waals surface area contributed by atoms with Gasteiger partial charge in [-0.05, 0) is 24.5 Å². The minimum Gasteiger partial charge on any atom is -0.480 e. The molecule has 0 saturated heterocycles. The molecule has 20 heavy (non-hydrogen) atoms. The topological polar surface area (TPSA) is 82.5 Å². The highest BCUT2D eigenvalue weighted by molar-refractivity contribution is 5.80. The van der Waals surface area contributed by atoms with E-state index in [1.807, 2.05) is 6.07 Å². The van der Waals surface area contributed by atoms with Crippen LogP contribution in [0.1, 0.15) is 31.2 Å². The maximum atomic E-state index is 12.2. The molecular formula is C14H19N3O3. The van der Waals surface area contributed by atoms with Gasteiger partial charge < -0.3 is 15.3 Å². The Labute approximate surface area is 117 Å². The van der Waals surface area contributed by atoms with E-state index in [0.29, 0.717) is 6.54 Å². The van der Waals surface area contributed by atoms with Crippen molar-refractivity contribution in [2.45, 2.75) is 38.3 Å². The molecule has 0 spiro atoms. The molecule has 6 nitrogen and oxygen atoms in total. The number of pyridine rings is 1. The summed E-state index contributed by atoms with van der Waals surface area (Å²) in [4.78, 5) is 28.5. The second-order valence-electron chi connectivity index (χ2n) is 4.98. The highest BCUT2D eigenvalue weighted by Crippen LogP contribution is 2.23. The smallest absolute Gasteiger partial charge is 0.323 e. The van der Waals surface area contributed by atoms with Gasteiger partial charge in [-0.15, -0.1) is 0 Å². The summed E-state index contributed by atoms with van der Waals surface area (Å²) in [5, 5.41) is 11.7. The second-order valence-corrected chi connectivity index (χ2v) is 4.98. The third-order valence-electron chi connectivity index (χ3n) is 3.50. The van der Waals surface area contributed by atoms with Crippen molar-refractivity contribution in [1.82, 2.24) is 15.2 Å². The van der Waals surface area contributed by atoms with E-state index < -0.39 is 5.97 Å². The molecule has 2 N–H and O–H groups in total. The number of carboxylic acids is 1. The lowest BCUT2D eigenvalue weighted by Crippen LogP contribution is -2.47. The van der Waals surface area contributed by atoms with E-state index in [0.717, 1.165) is 31.2 Å². The number of carboxylic acid groups (broad SMARTS) is 1. The second kappa shape index (κ2) is 6.88. The van der Waals surface area contributed by atoms with Crippen molar-refractivity contribution in [3.8, 4) is 0 Å². The van der Waals surface area contributed by atoms with Gasteiger partial charge in [-0.25, -0.2) is 4.79 Å². The molecule has 1 aliphatic carbocycles. The number of hydrogen-bond acceptors (Lipinski definition) is 3. The van der Waals surface area contributed by atoms with Crippen LogP contribution in [0.15, 0.2) is 24.5 Å². The van der Waals surface area contributed by atoms with E-state index >= 15 is 0 Å². The number of amides is 2. The lowest BCUT2D eigenvalue weighted by Gasteiger charge is -2.27. The molecule has 2 amide bonds. The number of urea groups is 1. The summed E-state index contributed by atoms with van der Waals surface area (Å²) in [5.41, 5.74) is 0.891. The normalized spacial score (nSPS) is 15.0. The molecule has 0 atom stereocenters. The van der Waals surface area contributed by atoms with Crippen molar-refractivity contribution in [2.24, 2.45) is 0 Å². The van der Waals surface area contributed by atoms with E-state index in [2.05, 4.69) is 10.3 Å². The van der Waals surface area contributed by atoms with Crippen LogP contribution in [0.5, 0.6) is 0 Å². The minimum absolute atomic E-state index is 0.0417. The first kappa shape index (κ1) is 14.3. The number of rotatable bonds is 5. The van der Waals surface area contributed by atoms with Crippen LogP contribution in [-0.4, -0.2) is 39.6 Å². The van der Waals surface area contributed by atoms with E-state index in [9.17, 15) is 9.59 Å². The average molecular weight is 277 g/mol. The number of aliphatic carboxylic acids is 1. The molecule has 1 saturated carbocycles. The summed E-state index contributed by atoms with van der Waals surface area (Å²) in [6, 6.07) is 3.39. The van der Waals surface area contributed by atoms with Crippen LogP contribution in [0.25, 0.3) is 0 Å². The van der Waals surface area contributed by atoms with Crippen LogP contribution >= 0.6 is 0 Å². The van der Waals surface area contributed by atoms with Crippen molar-refractivity contribution in [1.29, 1.82) is 0 Å². The summed E-state index contributed by atoms with van der Waals surface area (Å²) in [6.07, 6.45) is 7.21. The fourth-order valence-corrected chi connectivity index (χ4v) is 2.51. The van der Waals surface area contributed by atoms with Crippen LogP contribution in [0.4, 0.5) is 4.79 Å². The first-order valence-electron chi connectivity index (χ1n) is 6.82. The summed E-state index contributed by atoms with van der Waals surface area (Å²) < 4.78 is 0. The summed E-state index contributed by atoms with van der Waals surface area (Å²) in [7, 11) is 0. The van der Waals surface area contributed by atoms with Gasteiger partial charge in [0.1, 0.15) is 6.54 Å². The van der Waals surface area contributed by atoms with Crippen molar-refractivity contribution in [2.75, 3.05) is 6.54 Å². The van der Waals surface area contributed by atoms with Gasteiger partial charge in [-0.3, -0.25) is 9.78 Å². The molecule has 6 heteroatoms. The van der Waals surface area contributed by atoms with Gasteiger partial charge in [0.25, 0.3) is 0 Å². The Morgan fingerprint density at radius 3 is 2.75 bits per heavy atom. The molecule has 0 bridgehead atoms. The Morgan fingerprint density at radius 2 is 2.15 bits per heavy atom. The monoisotopic (exact) mass is 277 g/mol. The standard InChI is InChI=1S/C14H19N3O3/c18-13(19)10-17(12-5-1-2-6-12)14(20)16-9-11-4-3-7-15-8-11/h3-4,7-8,12H,1-2,5-6,9-10H2,(H,16,20)(H,18,19). The highest BCUT2D eigenvalue weighted by Gasteiger charge is 2.28. The van der Waals surface area contributed by atoms with Gasteiger partial charge in [0.05, 0.1) is 0 Å². The first-order valence-corrected chi connectivity index (χ1v) is 6.82. The maximum Gasteiger partial charge on any atom is 0.323 e. The van der Waals surface area contributed by atoms with E-state index in [1.54, 1.807) is 18.5 Å². The molecule has 1 aromatic heterocycles. The predicted molar refractivity (Wildman–Crippen MR) is 73.1 cm³/mol. The fourth-order valence-electron chi connectivity index (χ4n) is 2.51. The number of carbonyl (C=O) groups excluding carboxylic acids is 1. The Bertz CT molecular complexity index is 458. The molecule has 0 unspecified atom stereocenters. The number of aromatic nitrogens is 1. The molecule has 0 aliphatic heterocycles. The van der Waals surface area contributed by atoms with Crippen LogP contribution < -0.4 is 5.32 Å². The largest absolute Gasteiger partial charge is 0.480 e. The Kier molecular flexibility index (Phi) is 4.92. The lowest BCUT2D eigenvalue weighted by atomic mass is 10.2. The first-order chi connectivity index (χ1) is 9.66. The van der Waals surface area contributed by atoms with Crippen LogP contribution in [-0.2, 0) is 11.3 Å². The number of nitrogens with zero attached hydrogens (tertiary/aromatic N) is 2. The minimum atomic E-state index is -0.978. The van der Waals surface area contributed by atoms with Crippen molar-refractivity contribution >= 4 is 12.0 Å². The van der Waals surface area contributed by atoms with Gasteiger partial charge in [0.2, 0.25) is 0 Å². The van der Waals surface area contributed by atoms with Gasteiger partial charge in [0, 0.05) is 25.0 Å². The number of nitrogens with one attached hydrogen (secondary N) is 1. The predicted octanol–water partition coefficient (Wildman–Crippen LogP) is 1.62. The zero-order valence-electron chi connectivity index (χ0n) is 11.3. The van der Waals surface area contributed by atoms with Gasteiger partial charge in [0.15, 0.2) is 0 Å². The molecule has 0 aromatic carbocycles. The quantitative estimate of drug-likeness (QED) is 0.856. The van der Waals surface area contributed by atoms with Crippen molar-refractivity contribution in [3.63, 3.8) is 0 Å². The van der Waals surface area contributed by atoms with Crippen molar-refractivity contribution in [3.05, 3.63) is 30.1 Å². The third-order valence-corrected chi connectivity index (χ3v) is 3.50. The molecule has 1 aromatic rings. The Morgan fingerprint density at radius 1 is 1.40 bits per heavy atom. The average Bonchev–Trinajstić information content (AvgIpc) is 2.97. The summed E-state index contributed by atoms with van der Waals surface area (Å²) >= 11 is 0. The summed E-state index contributed by atoms with van der Waals surface area (Å²) in [5.74, 6) is -0.978. The Balaban J connectivity index is 1.93. The number of carbonyl (C=O) groups is 2. The van der Waals surface area contributed by atoms with Crippen LogP contribution in [0, 0.1) is 0 Å². The molecular weight excluding hydrogens is 258 g/mol. The molecule has 108 valence electrons. The van der Waals surface area contributed by atoms with E-state index in [-0.39, 0.29) is 18.6 Å². The molecule has 1 aliphatic rings. The van der Waals surface area contributed by atoms with Gasteiger partial charge >= 0.3 is 12.0 Å². The molecule has 0 radical (unpaired) electrons. The van der Waals surface area contributed by atoms with Crippen molar-refractivity contribution < 1.29 is 14.7 Å². The Hall–Kier alpha value is -2.11. The highest BCUT2D eigenvalue weighted by atomic mass is 16.4. The third kappa shape index (κ3) is 3.94. The van der Waals surface area contributed by atoms with Crippen LogP contribution in [0.2, 0.25) is 0 Å². The zero-order chi connectivity index (χ0) is 14.4. The molecule has 1 heterocycles. The maximum absolute atomic E-state index is 12.2. The lowest BCUT2D eigenvalue weighted by molar-refractivity contribution is -0.138. The molecule has 1 fully saturated rings. The van der Waals surface area contributed by atoms with E-state index in [4.69, 9.17) is 5.11 Å². The summed E-state index contributed by atoms with van der Waals surface area (Å²) in [6.45, 7) is 0.110. The van der Waals surface area contributed by atoms with Gasteiger partial charge in [-0.1, -0.05) is 18.9 Å². The van der Waals surface area contributed by atoms with E-state index in [1.165, 1.54) is 4.90 Å². The van der Waals surface area contributed by atoms with Gasteiger partial charge in [-0.2, -0.15) is 0 Å².